The Labute approximate surface area is 111 Å². The van der Waals surface area contributed by atoms with Crippen molar-refractivity contribution in [2.24, 2.45) is 0 Å². The molecule has 2 aliphatic rings. The molecule has 0 aromatic carbocycles. The van der Waals surface area contributed by atoms with E-state index in [4.69, 9.17) is 9.84 Å². The van der Waals surface area contributed by atoms with Gasteiger partial charge in [0, 0.05) is 32.0 Å². The lowest BCUT2D eigenvalue weighted by atomic mass is 10.2. The quantitative estimate of drug-likeness (QED) is 0.595. The molecule has 1 saturated heterocycles. The number of carbonyl (C=O) groups is 2. The van der Waals surface area contributed by atoms with Crippen molar-refractivity contribution in [3.63, 3.8) is 0 Å². The monoisotopic (exact) mass is 270 g/mol. The van der Waals surface area contributed by atoms with Crippen LogP contribution in [0.3, 0.4) is 0 Å². The molecule has 0 aliphatic carbocycles. The number of nitrogens with one attached hydrogen (secondary N) is 2. The smallest absolute Gasteiger partial charge is 0.405 e. The van der Waals surface area contributed by atoms with E-state index in [2.05, 4.69) is 10.6 Å². The van der Waals surface area contributed by atoms with Gasteiger partial charge in [0.2, 0.25) is 5.91 Å². The van der Waals surface area contributed by atoms with Gasteiger partial charge in [-0.1, -0.05) is 0 Å². The summed E-state index contributed by atoms with van der Waals surface area (Å²) < 4.78 is 5.18. The molecule has 0 bridgehead atoms. The third-order valence-electron chi connectivity index (χ3n) is 3.03. The molecule has 2 amide bonds. The van der Waals surface area contributed by atoms with Crippen LogP contribution in [0.15, 0.2) is 12.4 Å². The molecule has 0 aromatic rings. The van der Waals surface area contributed by atoms with Gasteiger partial charge >= 0.3 is 6.09 Å². The van der Waals surface area contributed by atoms with Crippen LogP contribution >= 0.6 is 0 Å². The van der Waals surface area contributed by atoms with Crippen LogP contribution in [-0.2, 0) is 9.53 Å². The zero-order valence-corrected chi connectivity index (χ0v) is 10.5. The number of morpholine rings is 1. The third kappa shape index (κ3) is 3.75. The van der Waals surface area contributed by atoms with Crippen LogP contribution in [0.25, 0.3) is 0 Å². The Morgan fingerprint density at radius 1 is 1.42 bits per heavy atom. The SMILES string of the molecule is O=C(O)N[C@@H](CN1C=CNC1)C(=O)N1CCOCC1. The lowest BCUT2D eigenvalue weighted by molar-refractivity contribution is -0.137. The van der Waals surface area contributed by atoms with E-state index in [1.54, 1.807) is 17.3 Å². The van der Waals surface area contributed by atoms with Crippen molar-refractivity contribution in [1.82, 2.24) is 20.4 Å². The zero-order chi connectivity index (χ0) is 13.7. The van der Waals surface area contributed by atoms with Gasteiger partial charge in [0.25, 0.3) is 0 Å². The highest BCUT2D eigenvalue weighted by molar-refractivity contribution is 5.85. The Balaban J connectivity index is 1.96. The largest absolute Gasteiger partial charge is 0.465 e. The lowest BCUT2D eigenvalue weighted by Gasteiger charge is -2.31. The molecular formula is C11H18N4O4. The van der Waals surface area contributed by atoms with E-state index in [0.717, 1.165) is 0 Å². The minimum absolute atomic E-state index is 0.203. The summed E-state index contributed by atoms with van der Waals surface area (Å²) in [6.07, 6.45) is 2.36. The highest BCUT2D eigenvalue weighted by Crippen LogP contribution is 2.04. The maximum atomic E-state index is 12.3. The Morgan fingerprint density at radius 3 is 2.74 bits per heavy atom. The second kappa shape index (κ2) is 6.28. The van der Waals surface area contributed by atoms with Crippen LogP contribution in [0.5, 0.6) is 0 Å². The first-order valence-electron chi connectivity index (χ1n) is 6.17. The minimum Gasteiger partial charge on any atom is -0.465 e. The summed E-state index contributed by atoms with van der Waals surface area (Å²) >= 11 is 0. The van der Waals surface area contributed by atoms with E-state index in [-0.39, 0.29) is 5.91 Å². The maximum Gasteiger partial charge on any atom is 0.405 e. The average Bonchev–Trinajstić information content (AvgIpc) is 2.90. The maximum absolute atomic E-state index is 12.3. The molecular weight excluding hydrogens is 252 g/mol. The van der Waals surface area contributed by atoms with Gasteiger partial charge < -0.3 is 30.3 Å². The molecule has 8 nitrogen and oxygen atoms in total. The molecule has 106 valence electrons. The fraction of sp³-hybridized carbons (Fsp3) is 0.636. The number of carbonyl (C=O) groups excluding carboxylic acids is 1. The highest BCUT2D eigenvalue weighted by Gasteiger charge is 2.28. The van der Waals surface area contributed by atoms with Gasteiger partial charge in [0.1, 0.15) is 6.04 Å². The van der Waals surface area contributed by atoms with Gasteiger partial charge in [-0.15, -0.1) is 0 Å². The molecule has 2 heterocycles. The number of carboxylic acid groups (broad SMARTS) is 1. The predicted octanol–water partition coefficient (Wildman–Crippen LogP) is -1.18. The summed E-state index contributed by atoms with van der Waals surface area (Å²) in [6.45, 7) is 2.89. The van der Waals surface area contributed by atoms with E-state index in [1.807, 2.05) is 4.90 Å². The van der Waals surface area contributed by atoms with Crippen molar-refractivity contribution >= 4 is 12.0 Å². The molecule has 3 N–H and O–H groups in total. The van der Waals surface area contributed by atoms with E-state index in [9.17, 15) is 9.59 Å². The number of hydrogen-bond acceptors (Lipinski definition) is 5. The van der Waals surface area contributed by atoms with Crippen LogP contribution < -0.4 is 10.6 Å². The van der Waals surface area contributed by atoms with E-state index < -0.39 is 12.1 Å². The standard InChI is InChI=1S/C11H18N4O4/c16-10(15-3-5-19-6-4-15)9(13-11(17)18)7-14-2-1-12-8-14/h1-2,9,12-13H,3-8H2,(H,17,18)/t9-/m0/s1. The number of hydrogen-bond donors (Lipinski definition) is 3. The van der Waals surface area contributed by atoms with E-state index >= 15 is 0 Å². The zero-order valence-electron chi connectivity index (χ0n) is 10.5. The van der Waals surface area contributed by atoms with Crippen molar-refractivity contribution in [1.29, 1.82) is 0 Å². The Kier molecular flexibility index (Phi) is 4.45. The third-order valence-corrected chi connectivity index (χ3v) is 3.03. The molecule has 1 atom stereocenters. The van der Waals surface area contributed by atoms with Crippen LogP contribution in [-0.4, -0.2) is 72.5 Å². The fourth-order valence-electron chi connectivity index (χ4n) is 2.08. The Morgan fingerprint density at radius 2 is 2.16 bits per heavy atom. The van der Waals surface area contributed by atoms with Crippen molar-refractivity contribution in [2.45, 2.75) is 6.04 Å². The number of rotatable bonds is 4. The van der Waals surface area contributed by atoms with Gasteiger partial charge in [-0.3, -0.25) is 4.79 Å². The second-order valence-electron chi connectivity index (χ2n) is 4.39. The normalized spacial score (nSPS) is 20.0. The molecule has 19 heavy (non-hydrogen) atoms. The van der Waals surface area contributed by atoms with Crippen molar-refractivity contribution in [3.8, 4) is 0 Å². The Hall–Kier alpha value is -1.96. The highest BCUT2D eigenvalue weighted by atomic mass is 16.5. The summed E-state index contributed by atoms with van der Waals surface area (Å²) in [7, 11) is 0. The minimum atomic E-state index is -1.19. The van der Waals surface area contributed by atoms with Gasteiger partial charge in [-0.2, -0.15) is 0 Å². The number of ether oxygens (including phenoxy) is 1. The van der Waals surface area contributed by atoms with Gasteiger partial charge in [-0.05, 0) is 0 Å². The van der Waals surface area contributed by atoms with Crippen LogP contribution in [0.2, 0.25) is 0 Å². The van der Waals surface area contributed by atoms with Gasteiger partial charge in [-0.25, -0.2) is 4.79 Å². The molecule has 0 unspecified atom stereocenters. The fourth-order valence-corrected chi connectivity index (χ4v) is 2.08. The molecule has 0 saturated carbocycles. The van der Waals surface area contributed by atoms with E-state index in [0.29, 0.717) is 39.5 Å². The summed E-state index contributed by atoms with van der Waals surface area (Å²) in [6, 6.07) is -0.764. The topological polar surface area (TPSA) is 94.1 Å². The van der Waals surface area contributed by atoms with Crippen molar-refractivity contribution in [2.75, 3.05) is 39.5 Å². The Bertz CT molecular complexity index is 368. The second-order valence-corrected chi connectivity index (χ2v) is 4.39. The number of amides is 2. The molecule has 2 aliphatic heterocycles. The number of nitrogens with zero attached hydrogens (tertiary/aromatic N) is 2. The summed E-state index contributed by atoms with van der Waals surface area (Å²) in [5.41, 5.74) is 0. The molecule has 0 radical (unpaired) electrons. The molecule has 2 rings (SSSR count). The summed E-state index contributed by atoms with van der Waals surface area (Å²) in [5.74, 6) is -0.203. The van der Waals surface area contributed by atoms with Crippen LogP contribution in [0.1, 0.15) is 0 Å². The van der Waals surface area contributed by atoms with Crippen molar-refractivity contribution < 1.29 is 19.4 Å². The van der Waals surface area contributed by atoms with E-state index in [1.165, 1.54) is 0 Å². The first-order chi connectivity index (χ1) is 9.16. The molecule has 0 spiro atoms. The van der Waals surface area contributed by atoms with Gasteiger partial charge in [0.05, 0.1) is 19.9 Å². The summed E-state index contributed by atoms with van der Waals surface area (Å²) in [5, 5.41) is 14.1. The van der Waals surface area contributed by atoms with Crippen LogP contribution in [0, 0.1) is 0 Å². The predicted molar refractivity (Wildman–Crippen MR) is 66.2 cm³/mol. The van der Waals surface area contributed by atoms with Gasteiger partial charge in [0.15, 0.2) is 0 Å². The van der Waals surface area contributed by atoms with Crippen molar-refractivity contribution in [3.05, 3.63) is 12.4 Å². The molecule has 8 heteroatoms. The first kappa shape index (κ1) is 13.5. The lowest BCUT2D eigenvalue weighted by Crippen LogP contribution is -2.55. The van der Waals surface area contributed by atoms with Crippen LogP contribution in [0.4, 0.5) is 4.79 Å². The average molecular weight is 270 g/mol. The summed E-state index contributed by atoms with van der Waals surface area (Å²) in [4.78, 5) is 26.6. The first-order valence-corrected chi connectivity index (χ1v) is 6.17. The molecule has 1 fully saturated rings. The molecule has 0 aromatic heterocycles.